The number of hydrogen-bond donors (Lipinski definition) is 2. The SMILES string of the molecule is CNC(=O)c1c(NC(=O)C2CC2C)sc2c1CCCC2. The van der Waals surface area contributed by atoms with Crippen LogP contribution in [-0.2, 0) is 17.6 Å². The molecule has 1 aromatic heterocycles. The van der Waals surface area contributed by atoms with Crippen molar-refractivity contribution in [1.82, 2.24) is 5.32 Å². The van der Waals surface area contributed by atoms with E-state index in [0.717, 1.165) is 36.2 Å². The van der Waals surface area contributed by atoms with Crippen LogP contribution < -0.4 is 10.6 Å². The Morgan fingerprint density at radius 2 is 1.95 bits per heavy atom. The van der Waals surface area contributed by atoms with E-state index < -0.39 is 0 Å². The molecular formula is C15H20N2O2S. The number of nitrogens with one attached hydrogen (secondary N) is 2. The molecule has 1 heterocycles. The van der Waals surface area contributed by atoms with E-state index >= 15 is 0 Å². The van der Waals surface area contributed by atoms with Crippen LogP contribution in [0, 0.1) is 11.8 Å². The Kier molecular flexibility index (Phi) is 3.54. The minimum absolute atomic E-state index is 0.0706. The number of hydrogen-bond acceptors (Lipinski definition) is 3. The van der Waals surface area contributed by atoms with Gasteiger partial charge >= 0.3 is 0 Å². The fourth-order valence-electron chi connectivity index (χ4n) is 2.91. The van der Waals surface area contributed by atoms with E-state index in [0.29, 0.717) is 11.5 Å². The molecule has 2 aliphatic rings. The third kappa shape index (κ3) is 2.35. The summed E-state index contributed by atoms with van der Waals surface area (Å²) in [5.74, 6) is 0.601. The summed E-state index contributed by atoms with van der Waals surface area (Å²) in [4.78, 5) is 25.5. The molecule has 0 saturated heterocycles. The molecule has 1 aromatic rings. The third-order valence-corrected chi connectivity index (χ3v) is 5.52. The van der Waals surface area contributed by atoms with Crippen molar-refractivity contribution in [3.05, 3.63) is 16.0 Å². The summed E-state index contributed by atoms with van der Waals surface area (Å²) in [6.45, 7) is 2.09. The number of anilines is 1. The summed E-state index contributed by atoms with van der Waals surface area (Å²) < 4.78 is 0. The minimum Gasteiger partial charge on any atom is -0.355 e. The van der Waals surface area contributed by atoms with Gasteiger partial charge in [-0.15, -0.1) is 11.3 Å². The Labute approximate surface area is 122 Å². The second-order valence-corrected chi connectivity index (χ2v) is 6.91. The molecule has 2 N–H and O–H groups in total. The van der Waals surface area contributed by atoms with Crippen molar-refractivity contribution >= 4 is 28.2 Å². The number of fused-ring (bicyclic) bond motifs is 1. The lowest BCUT2D eigenvalue weighted by Crippen LogP contribution is -2.22. The lowest BCUT2D eigenvalue weighted by molar-refractivity contribution is -0.117. The highest BCUT2D eigenvalue weighted by molar-refractivity contribution is 7.17. The first kappa shape index (κ1) is 13.6. The fraction of sp³-hybridized carbons (Fsp3) is 0.600. The standard InChI is InChI=1S/C15H20N2O2S/c1-8-7-10(8)13(18)17-15-12(14(19)16-2)9-5-3-4-6-11(9)20-15/h8,10H,3-7H2,1-2H3,(H,16,19)(H,17,18). The molecule has 2 aliphatic carbocycles. The molecule has 5 heteroatoms. The molecule has 0 bridgehead atoms. The Balaban J connectivity index is 1.90. The van der Waals surface area contributed by atoms with E-state index in [4.69, 9.17) is 0 Å². The first-order chi connectivity index (χ1) is 9.61. The van der Waals surface area contributed by atoms with E-state index in [2.05, 4.69) is 17.6 Å². The van der Waals surface area contributed by atoms with Crippen molar-refractivity contribution in [3.63, 3.8) is 0 Å². The highest BCUT2D eigenvalue weighted by atomic mass is 32.1. The van der Waals surface area contributed by atoms with Crippen LogP contribution in [0.2, 0.25) is 0 Å². The smallest absolute Gasteiger partial charge is 0.254 e. The van der Waals surface area contributed by atoms with Crippen molar-refractivity contribution in [2.24, 2.45) is 11.8 Å². The predicted octanol–water partition coefficient (Wildman–Crippen LogP) is 2.58. The maximum atomic E-state index is 12.1. The van der Waals surface area contributed by atoms with Crippen LogP contribution in [0.4, 0.5) is 5.00 Å². The Hall–Kier alpha value is -1.36. The van der Waals surface area contributed by atoms with Crippen LogP contribution in [-0.4, -0.2) is 18.9 Å². The van der Waals surface area contributed by atoms with Gasteiger partial charge in [0.25, 0.3) is 5.91 Å². The second-order valence-electron chi connectivity index (χ2n) is 5.80. The summed E-state index contributed by atoms with van der Waals surface area (Å²) in [5, 5.41) is 6.45. The lowest BCUT2D eigenvalue weighted by atomic mass is 9.95. The van der Waals surface area contributed by atoms with Crippen molar-refractivity contribution in [1.29, 1.82) is 0 Å². The van der Waals surface area contributed by atoms with Crippen molar-refractivity contribution in [2.75, 3.05) is 12.4 Å². The molecule has 0 radical (unpaired) electrons. The van der Waals surface area contributed by atoms with Gasteiger partial charge in [0, 0.05) is 17.8 Å². The molecule has 20 heavy (non-hydrogen) atoms. The topological polar surface area (TPSA) is 58.2 Å². The maximum Gasteiger partial charge on any atom is 0.254 e. The van der Waals surface area contributed by atoms with E-state index in [9.17, 15) is 9.59 Å². The molecule has 2 amide bonds. The zero-order valence-electron chi connectivity index (χ0n) is 11.9. The Morgan fingerprint density at radius 3 is 2.60 bits per heavy atom. The molecule has 1 fully saturated rings. The van der Waals surface area contributed by atoms with Gasteiger partial charge in [-0.2, -0.15) is 0 Å². The monoisotopic (exact) mass is 292 g/mol. The van der Waals surface area contributed by atoms with E-state index in [1.807, 2.05) is 0 Å². The van der Waals surface area contributed by atoms with Gasteiger partial charge in [-0.05, 0) is 43.6 Å². The van der Waals surface area contributed by atoms with E-state index in [-0.39, 0.29) is 17.7 Å². The fourth-order valence-corrected chi connectivity index (χ4v) is 4.20. The molecule has 2 unspecified atom stereocenters. The molecule has 0 aromatic carbocycles. The van der Waals surface area contributed by atoms with Gasteiger partial charge in [-0.1, -0.05) is 6.92 Å². The molecule has 2 atom stereocenters. The molecule has 3 rings (SSSR count). The average Bonchev–Trinajstić information content (AvgIpc) is 3.07. The summed E-state index contributed by atoms with van der Waals surface area (Å²) in [6, 6.07) is 0. The second kappa shape index (κ2) is 5.20. The van der Waals surface area contributed by atoms with E-state index in [1.54, 1.807) is 18.4 Å². The zero-order chi connectivity index (χ0) is 14.3. The molecule has 0 aliphatic heterocycles. The van der Waals surface area contributed by atoms with Crippen molar-refractivity contribution in [3.8, 4) is 0 Å². The largest absolute Gasteiger partial charge is 0.355 e. The summed E-state index contributed by atoms with van der Waals surface area (Å²) >= 11 is 1.59. The van der Waals surface area contributed by atoms with Crippen LogP contribution in [0.25, 0.3) is 0 Å². The van der Waals surface area contributed by atoms with Crippen molar-refractivity contribution in [2.45, 2.75) is 39.0 Å². The minimum atomic E-state index is -0.0801. The van der Waals surface area contributed by atoms with Gasteiger partial charge in [0.1, 0.15) is 5.00 Å². The third-order valence-electron chi connectivity index (χ3n) is 4.31. The summed E-state index contributed by atoms with van der Waals surface area (Å²) in [5.41, 5.74) is 1.86. The number of amides is 2. The van der Waals surface area contributed by atoms with Crippen LogP contribution >= 0.6 is 11.3 Å². The first-order valence-electron chi connectivity index (χ1n) is 7.29. The van der Waals surface area contributed by atoms with Crippen LogP contribution in [0.1, 0.15) is 47.0 Å². The maximum absolute atomic E-state index is 12.1. The number of thiophene rings is 1. The molecule has 108 valence electrons. The molecule has 4 nitrogen and oxygen atoms in total. The normalized spacial score (nSPS) is 23.9. The predicted molar refractivity (Wildman–Crippen MR) is 80.3 cm³/mol. The van der Waals surface area contributed by atoms with Gasteiger partial charge in [-0.25, -0.2) is 0 Å². The number of carbonyl (C=O) groups excluding carboxylic acids is 2. The van der Waals surface area contributed by atoms with Crippen LogP contribution in [0.3, 0.4) is 0 Å². The quantitative estimate of drug-likeness (QED) is 0.899. The van der Waals surface area contributed by atoms with Gasteiger partial charge in [0.2, 0.25) is 5.91 Å². The average molecular weight is 292 g/mol. The molecule has 0 spiro atoms. The highest BCUT2D eigenvalue weighted by Crippen LogP contribution is 2.41. The Bertz CT molecular complexity index is 564. The lowest BCUT2D eigenvalue weighted by Gasteiger charge is -2.12. The number of aryl methyl sites for hydroxylation is 1. The number of rotatable bonds is 3. The van der Waals surface area contributed by atoms with Crippen LogP contribution in [0.15, 0.2) is 0 Å². The van der Waals surface area contributed by atoms with Gasteiger partial charge in [-0.3, -0.25) is 9.59 Å². The zero-order valence-corrected chi connectivity index (χ0v) is 12.7. The summed E-state index contributed by atoms with van der Waals surface area (Å²) in [6.07, 6.45) is 5.24. The van der Waals surface area contributed by atoms with E-state index in [1.165, 1.54) is 11.3 Å². The molecule has 1 saturated carbocycles. The summed E-state index contributed by atoms with van der Waals surface area (Å²) in [7, 11) is 1.64. The van der Waals surface area contributed by atoms with Crippen LogP contribution in [0.5, 0.6) is 0 Å². The Morgan fingerprint density at radius 1 is 1.25 bits per heavy atom. The van der Waals surface area contributed by atoms with Gasteiger partial charge < -0.3 is 10.6 Å². The first-order valence-corrected chi connectivity index (χ1v) is 8.11. The van der Waals surface area contributed by atoms with Gasteiger partial charge in [0.15, 0.2) is 0 Å². The van der Waals surface area contributed by atoms with Crippen molar-refractivity contribution < 1.29 is 9.59 Å². The van der Waals surface area contributed by atoms with Gasteiger partial charge in [0.05, 0.1) is 5.56 Å². The highest BCUT2D eigenvalue weighted by Gasteiger charge is 2.40. The molecular weight excluding hydrogens is 272 g/mol. The number of carbonyl (C=O) groups is 2.